The molecule has 0 fully saturated rings. The second-order valence-corrected chi connectivity index (χ2v) is 4.69. The Labute approximate surface area is 102 Å². The van der Waals surface area contributed by atoms with Crippen molar-refractivity contribution in [2.75, 3.05) is 7.05 Å². The molecule has 0 saturated carbocycles. The molecule has 0 aliphatic heterocycles. The van der Waals surface area contributed by atoms with Crippen LogP contribution in [0.3, 0.4) is 0 Å². The average Bonchev–Trinajstić information content (AvgIpc) is 2.62. The number of halogens is 2. The lowest BCUT2D eigenvalue weighted by Crippen LogP contribution is -2.12. The van der Waals surface area contributed by atoms with Gasteiger partial charge in [0.1, 0.15) is 11.6 Å². The van der Waals surface area contributed by atoms with E-state index in [2.05, 4.69) is 21.2 Å². The summed E-state index contributed by atoms with van der Waals surface area (Å²) in [4.78, 5) is 0. The minimum absolute atomic E-state index is 0.0682. The van der Waals surface area contributed by atoms with Crippen molar-refractivity contribution in [2.45, 2.75) is 19.9 Å². The molecule has 0 aliphatic carbocycles. The highest BCUT2D eigenvalue weighted by Gasteiger charge is 2.19. The topological polar surface area (TPSA) is 25.2 Å². The van der Waals surface area contributed by atoms with Crippen molar-refractivity contribution in [2.24, 2.45) is 0 Å². The van der Waals surface area contributed by atoms with Gasteiger partial charge in [0.25, 0.3) is 0 Å². The summed E-state index contributed by atoms with van der Waals surface area (Å²) in [7, 11) is 1.85. The van der Waals surface area contributed by atoms with E-state index in [0.29, 0.717) is 11.0 Å². The van der Waals surface area contributed by atoms with Gasteiger partial charge >= 0.3 is 0 Å². The van der Waals surface area contributed by atoms with E-state index in [0.717, 1.165) is 15.8 Å². The Bertz CT molecular complexity index is 535. The van der Waals surface area contributed by atoms with Crippen LogP contribution in [-0.2, 0) is 0 Å². The second-order valence-electron chi connectivity index (χ2n) is 3.84. The van der Waals surface area contributed by atoms with Gasteiger partial charge in [0.05, 0.1) is 15.9 Å². The van der Waals surface area contributed by atoms with Crippen LogP contribution in [0.15, 0.2) is 21.0 Å². The van der Waals surface area contributed by atoms with Crippen molar-refractivity contribution in [1.82, 2.24) is 5.32 Å². The number of benzene rings is 1. The van der Waals surface area contributed by atoms with E-state index in [4.69, 9.17) is 4.42 Å². The predicted molar refractivity (Wildman–Crippen MR) is 66.1 cm³/mol. The van der Waals surface area contributed by atoms with Crippen LogP contribution < -0.4 is 5.32 Å². The van der Waals surface area contributed by atoms with Crippen molar-refractivity contribution in [1.29, 1.82) is 0 Å². The van der Waals surface area contributed by atoms with Gasteiger partial charge in [0.2, 0.25) is 0 Å². The van der Waals surface area contributed by atoms with Crippen LogP contribution in [0.2, 0.25) is 0 Å². The summed E-state index contributed by atoms with van der Waals surface area (Å²) < 4.78 is 20.2. The molecule has 86 valence electrons. The minimum atomic E-state index is -0.242. The molecule has 4 heteroatoms. The molecular weight excluding hydrogens is 273 g/mol. The number of furan rings is 1. The third-order valence-corrected chi connectivity index (χ3v) is 3.47. The van der Waals surface area contributed by atoms with Gasteiger partial charge in [-0.25, -0.2) is 4.39 Å². The molecule has 1 aromatic carbocycles. The molecule has 1 N–H and O–H groups in total. The quantitative estimate of drug-likeness (QED) is 0.905. The zero-order valence-electron chi connectivity index (χ0n) is 9.40. The molecule has 2 nitrogen and oxygen atoms in total. The zero-order chi connectivity index (χ0) is 11.9. The third kappa shape index (κ3) is 1.66. The first kappa shape index (κ1) is 11.6. The number of aryl methyl sites for hydroxylation is 1. The summed E-state index contributed by atoms with van der Waals surface area (Å²) in [5.41, 5.74) is 1.44. The largest absolute Gasteiger partial charge is 0.458 e. The van der Waals surface area contributed by atoms with E-state index in [1.54, 1.807) is 6.07 Å². The lowest BCUT2D eigenvalue weighted by molar-refractivity contribution is 0.470. The Kier molecular flexibility index (Phi) is 3.04. The number of rotatable bonds is 2. The molecule has 1 unspecified atom stereocenters. The third-order valence-electron chi connectivity index (χ3n) is 2.84. The van der Waals surface area contributed by atoms with E-state index in [9.17, 15) is 4.39 Å². The fourth-order valence-electron chi connectivity index (χ4n) is 1.84. The van der Waals surface area contributed by atoms with Gasteiger partial charge in [-0.2, -0.15) is 0 Å². The first-order valence-electron chi connectivity index (χ1n) is 5.10. The van der Waals surface area contributed by atoms with Gasteiger partial charge in [-0.1, -0.05) is 0 Å². The van der Waals surface area contributed by atoms with Crippen LogP contribution in [-0.4, -0.2) is 7.05 Å². The van der Waals surface area contributed by atoms with Gasteiger partial charge in [-0.05, 0) is 49.0 Å². The maximum absolute atomic E-state index is 13.7. The van der Waals surface area contributed by atoms with E-state index >= 15 is 0 Å². The highest BCUT2D eigenvalue weighted by molar-refractivity contribution is 9.10. The van der Waals surface area contributed by atoms with Crippen molar-refractivity contribution in [3.05, 3.63) is 33.7 Å². The second kappa shape index (κ2) is 4.18. The van der Waals surface area contributed by atoms with Crippen molar-refractivity contribution in [3.63, 3.8) is 0 Å². The number of hydrogen-bond donors (Lipinski definition) is 1. The Morgan fingerprint density at radius 1 is 1.44 bits per heavy atom. The summed E-state index contributed by atoms with van der Waals surface area (Å²) in [6, 6.07) is 3.18. The van der Waals surface area contributed by atoms with E-state index in [1.807, 2.05) is 20.9 Å². The molecule has 0 radical (unpaired) electrons. The maximum Gasteiger partial charge on any atom is 0.151 e. The molecule has 2 rings (SSSR count). The molecule has 0 saturated heterocycles. The molecule has 1 aromatic heterocycles. The molecular formula is C12H13BrFNO. The summed E-state index contributed by atoms with van der Waals surface area (Å²) in [6.45, 7) is 3.86. The van der Waals surface area contributed by atoms with Gasteiger partial charge < -0.3 is 9.73 Å². The van der Waals surface area contributed by atoms with E-state index in [-0.39, 0.29) is 11.9 Å². The SMILES string of the molecule is CNC(C)c1oc2c(Br)ccc(F)c2c1C. The van der Waals surface area contributed by atoms with Crippen LogP contribution in [0, 0.1) is 12.7 Å². The normalized spacial score (nSPS) is 13.3. The minimum Gasteiger partial charge on any atom is -0.458 e. The van der Waals surface area contributed by atoms with E-state index in [1.165, 1.54) is 6.07 Å². The standard InChI is InChI=1S/C12H13BrFNO/c1-6-10-9(14)5-4-8(13)12(10)16-11(6)7(2)15-3/h4-5,7,15H,1-3H3. The summed E-state index contributed by atoms with van der Waals surface area (Å²) in [5.74, 6) is 0.539. The fourth-order valence-corrected chi connectivity index (χ4v) is 2.25. The van der Waals surface area contributed by atoms with Gasteiger partial charge in [0, 0.05) is 5.56 Å². The zero-order valence-corrected chi connectivity index (χ0v) is 11.0. The van der Waals surface area contributed by atoms with Gasteiger partial charge in [-0.15, -0.1) is 0 Å². The van der Waals surface area contributed by atoms with Crippen LogP contribution in [0.25, 0.3) is 11.0 Å². The lowest BCUT2D eigenvalue weighted by Gasteiger charge is -2.06. The molecule has 0 amide bonds. The Morgan fingerprint density at radius 2 is 2.12 bits per heavy atom. The Balaban J connectivity index is 2.77. The molecule has 1 atom stereocenters. The molecule has 0 bridgehead atoms. The highest BCUT2D eigenvalue weighted by Crippen LogP contribution is 2.35. The summed E-state index contributed by atoms with van der Waals surface area (Å²) in [5, 5.41) is 3.65. The van der Waals surface area contributed by atoms with Crippen LogP contribution in [0.5, 0.6) is 0 Å². The Hall–Kier alpha value is -0.870. The monoisotopic (exact) mass is 285 g/mol. The van der Waals surface area contributed by atoms with Crippen LogP contribution in [0.1, 0.15) is 24.3 Å². The number of hydrogen-bond acceptors (Lipinski definition) is 2. The van der Waals surface area contributed by atoms with E-state index < -0.39 is 0 Å². The molecule has 2 aromatic rings. The predicted octanol–water partition coefficient (Wildman–Crippen LogP) is 3.92. The van der Waals surface area contributed by atoms with Crippen molar-refractivity contribution in [3.8, 4) is 0 Å². The lowest BCUT2D eigenvalue weighted by atomic mass is 10.1. The first-order chi connectivity index (χ1) is 7.56. The van der Waals surface area contributed by atoms with Crippen molar-refractivity contribution >= 4 is 26.9 Å². The van der Waals surface area contributed by atoms with Crippen molar-refractivity contribution < 1.29 is 8.81 Å². The average molecular weight is 286 g/mol. The summed E-state index contributed by atoms with van der Waals surface area (Å²) >= 11 is 3.37. The fraction of sp³-hybridized carbons (Fsp3) is 0.333. The maximum atomic E-state index is 13.7. The highest BCUT2D eigenvalue weighted by atomic mass is 79.9. The molecule has 1 heterocycles. The molecule has 16 heavy (non-hydrogen) atoms. The Morgan fingerprint density at radius 3 is 2.69 bits per heavy atom. The molecule has 0 spiro atoms. The smallest absolute Gasteiger partial charge is 0.151 e. The number of fused-ring (bicyclic) bond motifs is 1. The first-order valence-corrected chi connectivity index (χ1v) is 5.89. The molecule has 0 aliphatic rings. The van der Waals surface area contributed by atoms with Crippen LogP contribution in [0.4, 0.5) is 4.39 Å². The van der Waals surface area contributed by atoms with Gasteiger partial charge in [0.15, 0.2) is 5.58 Å². The number of nitrogens with one attached hydrogen (secondary N) is 1. The van der Waals surface area contributed by atoms with Crippen LogP contribution >= 0.6 is 15.9 Å². The summed E-state index contributed by atoms with van der Waals surface area (Å²) in [6.07, 6.45) is 0. The van der Waals surface area contributed by atoms with Gasteiger partial charge in [-0.3, -0.25) is 0 Å².